The number of hydrogen-bond donors (Lipinski definition) is 1. The van der Waals surface area contributed by atoms with Gasteiger partial charge in [0.1, 0.15) is 0 Å². The fourth-order valence-electron chi connectivity index (χ4n) is 5.16. The zero-order valence-corrected chi connectivity index (χ0v) is 21.3. The fourth-order valence-corrected chi connectivity index (χ4v) is 5.32. The first-order valence-electron chi connectivity index (χ1n) is 12.3. The fraction of sp³-hybridized carbons (Fsp3) is 0.333. The number of fused-ring (bicyclic) bond motifs is 1. The topological polar surface area (TPSA) is 81.8 Å². The van der Waals surface area contributed by atoms with E-state index in [1.807, 2.05) is 0 Å². The molecule has 198 valence electrons. The lowest BCUT2D eigenvalue weighted by atomic mass is 9.85. The average molecular weight is 544 g/mol. The molecule has 38 heavy (non-hydrogen) atoms. The summed E-state index contributed by atoms with van der Waals surface area (Å²) in [7, 11) is 0. The standard InChI is InChI=1S/C27H25ClF3N5O2/c1-16-20(13-18(28)14-33-16)25(37)34-19-10-8-17(9-11-19)15-35-21-5-2-3-6-22(21)36(26(35)38)23-7-4-12-32-24(23)27(29,30)31/h2-7,12-14,17,19H,8-11,15H2,1H3,(H,34,37). The molecule has 1 N–H and O–H groups in total. The van der Waals surface area contributed by atoms with Gasteiger partial charge in [-0.25, -0.2) is 9.78 Å². The Kier molecular flexibility index (Phi) is 7.00. The highest BCUT2D eigenvalue weighted by molar-refractivity contribution is 6.30. The summed E-state index contributed by atoms with van der Waals surface area (Å²) >= 11 is 5.99. The van der Waals surface area contributed by atoms with Gasteiger partial charge in [0.25, 0.3) is 5.91 Å². The number of halogens is 4. The highest BCUT2D eigenvalue weighted by atomic mass is 35.5. The molecule has 3 heterocycles. The van der Waals surface area contributed by atoms with E-state index in [4.69, 9.17) is 11.6 Å². The Morgan fingerprint density at radius 2 is 1.79 bits per heavy atom. The Morgan fingerprint density at radius 3 is 2.50 bits per heavy atom. The number of amides is 1. The minimum absolute atomic E-state index is 0.0278. The number of nitrogens with one attached hydrogen (secondary N) is 1. The molecular weight excluding hydrogens is 519 g/mol. The molecule has 7 nitrogen and oxygen atoms in total. The second-order valence-corrected chi connectivity index (χ2v) is 10.0. The molecule has 4 aromatic rings. The Balaban J connectivity index is 1.35. The Labute approximate surface area is 221 Å². The molecule has 3 aromatic heterocycles. The van der Waals surface area contributed by atoms with E-state index in [1.54, 1.807) is 41.8 Å². The molecule has 0 unspecified atom stereocenters. The lowest BCUT2D eigenvalue weighted by Crippen LogP contribution is -2.39. The largest absolute Gasteiger partial charge is 0.435 e. The maximum atomic E-state index is 13.7. The summed E-state index contributed by atoms with van der Waals surface area (Å²) in [6, 6.07) is 11.1. The van der Waals surface area contributed by atoms with Crippen LogP contribution < -0.4 is 11.0 Å². The van der Waals surface area contributed by atoms with E-state index < -0.39 is 17.6 Å². The van der Waals surface area contributed by atoms with E-state index in [1.165, 1.54) is 18.3 Å². The number of benzene rings is 1. The summed E-state index contributed by atoms with van der Waals surface area (Å²) in [5, 5.41) is 3.44. The molecule has 1 amide bonds. The van der Waals surface area contributed by atoms with Gasteiger partial charge in [0.15, 0.2) is 5.69 Å². The molecule has 1 fully saturated rings. The van der Waals surface area contributed by atoms with Crippen molar-refractivity contribution in [1.29, 1.82) is 0 Å². The Bertz CT molecular complexity index is 1550. The number of carbonyl (C=O) groups is 1. The van der Waals surface area contributed by atoms with E-state index in [2.05, 4.69) is 15.3 Å². The lowest BCUT2D eigenvalue weighted by molar-refractivity contribution is -0.141. The van der Waals surface area contributed by atoms with E-state index in [0.717, 1.165) is 36.4 Å². The molecule has 0 bridgehead atoms. The van der Waals surface area contributed by atoms with Gasteiger partial charge in [0.05, 0.1) is 33.0 Å². The van der Waals surface area contributed by atoms with Gasteiger partial charge in [-0.2, -0.15) is 13.2 Å². The first-order chi connectivity index (χ1) is 18.1. The van der Waals surface area contributed by atoms with Crippen LogP contribution in [-0.2, 0) is 12.7 Å². The van der Waals surface area contributed by atoms with Crippen molar-refractivity contribution in [2.24, 2.45) is 5.92 Å². The van der Waals surface area contributed by atoms with Gasteiger partial charge < -0.3 is 5.32 Å². The van der Waals surface area contributed by atoms with Crippen molar-refractivity contribution < 1.29 is 18.0 Å². The second-order valence-electron chi connectivity index (χ2n) is 9.56. The molecule has 0 radical (unpaired) electrons. The minimum Gasteiger partial charge on any atom is -0.349 e. The SMILES string of the molecule is Cc1ncc(Cl)cc1C(=O)NC1CCC(Cn2c(=O)n(-c3cccnc3C(F)(F)F)c3ccccc32)CC1. The summed E-state index contributed by atoms with van der Waals surface area (Å²) in [5.41, 5.74) is 0.0511. The van der Waals surface area contributed by atoms with E-state index in [9.17, 15) is 22.8 Å². The van der Waals surface area contributed by atoms with Gasteiger partial charge in [0.2, 0.25) is 0 Å². The molecule has 11 heteroatoms. The van der Waals surface area contributed by atoms with E-state index in [0.29, 0.717) is 33.9 Å². The highest BCUT2D eigenvalue weighted by Crippen LogP contribution is 2.33. The third-order valence-electron chi connectivity index (χ3n) is 7.05. The summed E-state index contributed by atoms with van der Waals surface area (Å²) < 4.78 is 43.7. The van der Waals surface area contributed by atoms with Crippen LogP contribution in [0.5, 0.6) is 0 Å². The number of aryl methyl sites for hydroxylation is 1. The second kappa shape index (κ2) is 10.2. The van der Waals surface area contributed by atoms with Gasteiger partial charge in [-0.1, -0.05) is 23.7 Å². The van der Waals surface area contributed by atoms with Crippen LogP contribution in [-0.4, -0.2) is 31.1 Å². The minimum atomic E-state index is -4.71. The number of nitrogens with zero attached hydrogens (tertiary/aromatic N) is 4. The van der Waals surface area contributed by atoms with E-state index >= 15 is 0 Å². The molecule has 5 rings (SSSR count). The summed E-state index contributed by atoms with van der Waals surface area (Å²) in [5.74, 6) is -0.0946. The molecular formula is C27H25ClF3N5O2. The molecule has 1 saturated carbocycles. The maximum Gasteiger partial charge on any atom is 0.435 e. The predicted octanol–water partition coefficient (Wildman–Crippen LogP) is 5.55. The smallest absolute Gasteiger partial charge is 0.349 e. The monoisotopic (exact) mass is 543 g/mol. The normalized spacial score (nSPS) is 18.0. The number of carbonyl (C=O) groups excluding carboxylic acids is 1. The van der Waals surface area contributed by atoms with Gasteiger partial charge in [0, 0.05) is 25.0 Å². The number of imidazole rings is 1. The van der Waals surface area contributed by atoms with Gasteiger partial charge in [-0.3, -0.25) is 18.9 Å². The number of pyridine rings is 2. The number of para-hydroxylation sites is 2. The van der Waals surface area contributed by atoms with Gasteiger partial charge in [-0.15, -0.1) is 0 Å². The first kappa shape index (κ1) is 26.0. The number of aromatic nitrogens is 4. The summed E-state index contributed by atoms with van der Waals surface area (Å²) in [6.45, 7) is 2.12. The zero-order chi connectivity index (χ0) is 27.0. The molecule has 0 spiro atoms. The van der Waals surface area contributed by atoms with Crippen LogP contribution in [0.4, 0.5) is 13.2 Å². The van der Waals surface area contributed by atoms with Crippen molar-refractivity contribution in [2.45, 2.75) is 51.4 Å². The van der Waals surface area contributed by atoms with Crippen LogP contribution in [0.1, 0.15) is 47.4 Å². The van der Waals surface area contributed by atoms with Crippen LogP contribution in [0.25, 0.3) is 16.7 Å². The van der Waals surface area contributed by atoms with Crippen molar-refractivity contribution in [3.63, 3.8) is 0 Å². The average Bonchev–Trinajstić information content (AvgIpc) is 3.17. The van der Waals surface area contributed by atoms with Crippen molar-refractivity contribution in [3.05, 3.63) is 87.3 Å². The van der Waals surface area contributed by atoms with Crippen LogP contribution in [0, 0.1) is 12.8 Å². The summed E-state index contributed by atoms with van der Waals surface area (Å²) in [4.78, 5) is 33.9. The van der Waals surface area contributed by atoms with Crippen molar-refractivity contribution in [1.82, 2.24) is 24.4 Å². The molecule has 1 aromatic carbocycles. The first-order valence-corrected chi connectivity index (χ1v) is 12.7. The number of hydrogen-bond acceptors (Lipinski definition) is 4. The van der Waals surface area contributed by atoms with Crippen molar-refractivity contribution in [2.75, 3.05) is 0 Å². The molecule has 1 aliphatic carbocycles. The zero-order valence-electron chi connectivity index (χ0n) is 20.5. The number of alkyl halides is 3. The molecule has 0 aliphatic heterocycles. The molecule has 1 aliphatic rings. The highest BCUT2D eigenvalue weighted by Gasteiger charge is 2.37. The van der Waals surface area contributed by atoms with Crippen LogP contribution in [0.2, 0.25) is 5.02 Å². The Morgan fingerprint density at radius 1 is 1.08 bits per heavy atom. The van der Waals surface area contributed by atoms with Crippen LogP contribution >= 0.6 is 11.6 Å². The maximum absolute atomic E-state index is 13.7. The summed E-state index contributed by atoms with van der Waals surface area (Å²) in [6.07, 6.45) is 0.805. The van der Waals surface area contributed by atoms with Gasteiger partial charge >= 0.3 is 11.9 Å². The third kappa shape index (κ3) is 5.05. The quantitative estimate of drug-likeness (QED) is 0.358. The predicted molar refractivity (Wildman–Crippen MR) is 138 cm³/mol. The van der Waals surface area contributed by atoms with Crippen molar-refractivity contribution in [3.8, 4) is 5.69 Å². The van der Waals surface area contributed by atoms with Crippen molar-refractivity contribution >= 4 is 28.5 Å². The van der Waals surface area contributed by atoms with Crippen LogP contribution in [0.3, 0.4) is 0 Å². The lowest BCUT2D eigenvalue weighted by Gasteiger charge is -2.29. The van der Waals surface area contributed by atoms with Gasteiger partial charge in [-0.05, 0) is 68.9 Å². The number of rotatable bonds is 5. The molecule has 0 saturated heterocycles. The molecule has 0 atom stereocenters. The third-order valence-corrected chi connectivity index (χ3v) is 7.26. The Hall–Kier alpha value is -3.66. The van der Waals surface area contributed by atoms with E-state index in [-0.39, 0.29) is 23.6 Å². The van der Waals surface area contributed by atoms with Crippen LogP contribution in [0.15, 0.2) is 59.7 Å².